The molecule has 1 N–H and O–H groups in total. The number of nitrogens with one attached hydrogen (secondary N) is 1. The molecule has 0 bridgehead atoms. The molecule has 0 saturated carbocycles. The number of anilines is 1. The van der Waals surface area contributed by atoms with Gasteiger partial charge in [-0.1, -0.05) is 25.1 Å². The third-order valence-electron chi connectivity index (χ3n) is 5.56. The van der Waals surface area contributed by atoms with E-state index in [1.165, 1.54) is 0 Å². The molecule has 0 unspecified atom stereocenters. The van der Waals surface area contributed by atoms with Crippen LogP contribution in [0.4, 0.5) is 5.82 Å². The van der Waals surface area contributed by atoms with Gasteiger partial charge in [-0.15, -0.1) is 0 Å². The summed E-state index contributed by atoms with van der Waals surface area (Å²) in [7, 11) is 2.14. The van der Waals surface area contributed by atoms with Crippen molar-refractivity contribution in [2.75, 3.05) is 38.1 Å². The summed E-state index contributed by atoms with van der Waals surface area (Å²) in [6, 6.07) is 5.88. The first-order valence-electron chi connectivity index (χ1n) is 10.4. The Hall–Kier alpha value is -3.00. The number of hydrogen-bond acceptors (Lipinski definition) is 7. The van der Waals surface area contributed by atoms with E-state index < -0.39 is 0 Å². The second-order valence-electron chi connectivity index (χ2n) is 8.20. The summed E-state index contributed by atoms with van der Waals surface area (Å²) >= 11 is 0. The summed E-state index contributed by atoms with van der Waals surface area (Å²) < 4.78 is 5.31. The number of rotatable bonds is 5. The van der Waals surface area contributed by atoms with Crippen LogP contribution in [-0.4, -0.2) is 59.2 Å². The first-order valence-corrected chi connectivity index (χ1v) is 10.4. The smallest absolute Gasteiger partial charge is 0.259 e. The van der Waals surface area contributed by atoms with Crippen molar-refractivity contribution >= 4 is 22.8 Å². The maximum Gasteiger partial charge on any atom is 0.259 e. The molecule has 1 amide bonds. The lowest BCUT2D eigenvalue weighted by molar-refractivity contribution is 0.0952. The minimum Gasteiger partial charge on any atom is -0.354 e. The van der Waals surface area contributed by atoms with Crippen molar-refractivity contribution in [1.29, 1.82) is 0 Å². The van der Waals surface area contributed by atoms with E-state index >= 15 is 0 Å². The fourth-order valence-corrected chi connectivity index (χ4v) is 3.61. The van der Waals surface area contributed by atoms with Crippen LogP contribution in [0.2, 0.25) is 0 Å². The van der Waals surface area contributed by atoms with E-state index in [1.807, 2.05) is 45.2 Å². The summed E-state index contributed by atoms with van der Waals surface area (Å²) in [5, 5.41) is 7.65. The number of carbonyl (C=O) groups is 1. The average molecular weight is 409 g/mol. The minimum atomic E-state index is -0.168. The average Bonchev–Trinajstić information content (AvgIpc) is 3.13. The van der Waals surface area contributed by atoms with Gasteiger partial charge in [-0.3, -0.25) is 4.79 Å². The molecule has 3 aromatic heterocycles. The van der Waals surface area contributed by atoms with E-state index in [2.05, 4.69) is 37.3 Å². The van der Waals surface area contributed by atoms with E-state index in [0.717, 1.165) is 43.3 Å². The summed E-state index contributed by atoms with van der Waals surface area (Å²) in [6.07, 6.45) is 1.83. The molecular formula is C22H28N6O2. The van der Waals surface area contributed by atoms with Crippen LogP contribution in [0.15, 0.2) is 28.9 Å². The fourth-order valence-electron chi connectivity index (χ4n) is 3.61. The number of piperazine rings is 1. The molecule has 0 radical (unpaired) electrons. The Bertz CT molecular complexity index is 1040. The molecule has 3 aromatic rings. The van der Waals surface area contributed by atoms with Crippen LogP contribution in [0.25, 0.3) is 11.1 Å². The van der Waals surface area contributed by atoms with E-state index in [4.69, 9.17) is 4.52 Å². The van der Waals surface area contributed by atoms with Crippen LogP contribution in [0.3, 0.4) is 0 Å². The molecule has 1 fully saturated rings. The van der Waals surface area contributed by atoms with Gasteiger partial charge in [0.25, 0.3) is 11.6 Å². The lowest BCUT2D eigenvalue weighted by Crippen LogP contribution is -2.44. The predicted octanol–water partition coefficient (Wildman–Crippen LogP) is 2.73. The molecular weight excluding hydrogens is 380 g/mol. The predicted molar refractivity (Wildman–Crippen MR) is 116 cm³/mol. The van der Waals surface area contributed by atoms with Gasteiger partial charge >= 0.3 is 0 Å². The quantitative estimate of drug-likeness (QED) is 0.694. The third kappa shape index (κ3) is 4.14. The van der Waals surface area contributed by atoms with Gasteiger partial charge in [0.15, 0.2) is 0 Å². The van der Waals surface area contributed by atoms with Crippen molar-refractivity contribution in [3.8, 4) is 0 Å². The van der Waals surface area contributed by atoms with Crippen LogP contribution in [0, 0.1) is 6.92 Å². The Morgan fingerprint density at radius 1 is 1.23 bits per heavy atom. The van der Waals surface area contributed by atoms with Crippen LogP contribution in [0.5, 0.6) is 0 Å². The van der Waals surface area contributed by atoms with Crippen LogP contribution in [0.1, 0.15) is 47.1 Å². The third-order valence-corrected chi connectivity index (χ3v) is 5.56. The number of aromatic nitrogens is 3. The molecule has 4 heterocycles. The highest BCUT2D eigenvalue weighted by molar-refractivity contribution is 6.06. The molecule has 4 rings (SSSR count). The normalized spacial score (nSPS) is 15.2. The van der Waals surface area contributed by atoms with E-state index in [9.17, 15) is 4.79 Å². The van der Waals surface area contributed by atoms with Gasteiger partial charge in [0.1, 0.15) is 5.82 Å². The minimum absolute atomic E-state index is 0.168. The fraction of sp³-hybridized carbons (Fsp3) is 0.455. The summed E-state index contributed by atoms with van der Waals surface area (Å²) in [4.78, 5) is 26.6. The zero-order valence-corrected chi connectivity index (χ0v) is 18.0. The second kappa shape index (κ2) is 8.39. The van der Waals surface area contributed by atoms with Crippen molar-refractivity contribution in [3.05, 3.63) is 46.9 Å². The van der Waals surface area contributed by atoms with Crippen LogP contribution < -0.4 is 10.2 Å². The van der Waals surface area contributed by atoms with Crippen LogP contribution >= 0.6 is 0 Å². The monoisotopic (exact) mass is 408 g/mol. The highest BCUT2D eigenvalue weighted by atomic mass is 16.5. The number of fused-ring (bicyclic) bond motifs is 1. The molecule has 8 heteroatoms. The number of likely N-dealkylation sites (N-methyl/N-ethyl adjacent to an activating group) is 1. The van der Waals surface area contributed by atoms with Gasteiger partial charge < -0.3 is 19.6 Å². The molecule has 0 aliphatic carbocycles. The SMILES string of the molecule is Cc1noc2nc(C(C)C)cc(C(=O)NCc3ccc(N4CCN(C)CC4)nc3)c12. The van der Waals surface area contributed by atoms with Gasteiger partial charge in [-0.05, 0) is 37.6 Å². The molecule has 0 aromatic carbocycles. The standard InChI is InChI=1S/C22H28N6O2/c1-14(2)18-11-17(20-15(3)26-30-22(20)25-18)21(29)24-13-16-5-6-19(23-12-16)28-9-7-27(4)8-10-28/h5-6,11-12,14H,7-10,13H2,1-4H3,(H,24,29). The number of aryl methyl sites for hydroxylation is 1. The Balaban J connectivity index is 1.46. The van der Waals surface area contributed by atoms with E-state index in [-0.39, 0.29) is 11.8 Å². The molecule has 8 nitrogen and oxygen atoms in total. The van der Waals surface area contributed by atoms with Gasteiger partial charge in [0.05, 0.1) is 16.6 Å². The Kier molecular flexibility index (Phi) is 5.67. The Labute approximate surface area is 176 Å². The lowest BCUT2D eigenvalue weighted by Gasteiger charge is -2.33. The number of pyridine rings is 2. The molecule has 1 aliphatic heterocycles. The Morgan fingerprint density at radius 3 is 2.67 bits per heavy atom. The summed E-state index contributed by atoms with van der Waals surface area (Å²) in [5.74, 6) is 0.993. The first-order chi connectivity index (χ1) is 14.4. The second-order valence-corrected chi connectivity index (χ2v) is 8.20. The molecule has 1 aliphatic rings. The van der Waals surface area contributed by atoms with Crippen LogP contribution in [-0.2, 0) is 6.54 Å². The summed E-state index contributed by atoms with van der Waals surface area (Å²) in [6.45, 7) is 10.3. The van der Waals surface area contributed by atoms with Crippen molar-refractivity contribution in [3.63, 3.8) is 0 Å². The number of hydrogen-bond donors (Lipinski definition) is 1. The van der Waals surface area contributed by atoms with E-state index in [0.29, 0.717) is 28.9 Å². The van der Waals surface area contributed by atoms with Crippen molar-refractivity contribution < 1.29 is 9.32 Å². The largest absolute Gasteiger partial charge is 0.354 e. The molecule has 0 spiro atoms. The highest BCUT2D eigenvalue weighted by Gasteiger charge is 2.20. The zero-order chi connectivity index (χ0) is 21.3. The first kappa shape index (κ1) is 20.3. The maximum atomic E-state index is 13.0. The lowest BCUT2D eigenvalue weighted by atomic mass is 10.0. The highest BCUT2D eigenvalue weighted by Crippen LogP contribution is 2.25. The van der Waals surface area contributed by atoms with Crippen molar-refractivity contribution in [2.45, 2.75) is 33.2 Å². The zero-order valence-electron chi connectivity index (χ0n) is 18.0. The number of amides is 1. The van der Waals surface area contributed by atoms with Gasteiger partial charge in [0, 0.05) is 44.6 Å². The van der Waals surface area contributed by atoms with Gasteiger partial charge in [-0.25, -0.2) is 9.97 Å². The maximum absolute atomic E-state index is 13.0. The number of nitrogens with zero attached hydrogens (tertiary/aromatic N) is 5. The van der Waals surface area contributed by atoms with Crippen molar-refractivity contribution in [1.82, 2.24) is 25.3 Å². The number of carbonyl (C=O) groups excluding carboxylic acids is 1. The molecule has 158 valence electrons. The van der Waals surface area contributed by atoms with Gasteiger partial charge in [-0.2, -0.15) is 0 Å². The van der Waals surface area contributed by atoms with Gasteiger partial charge in [0.2, 0.25) is 0 Å². The van der Waals surface area contributed by atoms with E-state index in [1.54, 1.807) is 0 Å². The topological polar surface area (TPSA) is 87.4 Å². The Morgan fingerprint density at radius 2 is 2.00 bits per heavy atom. The van der Waals surface area contributed by atoms with Crippen molar-refractivity contribution in [2.24, 2.45) is 0 Å². The molecule has 1 saturated heterocycles. The molecule has 30 heavy (non-hydrogen) atoms. The summed E-state index contributed by atoms with van der Waals surface area (Å²) in [5.41, 5.74) is 3.38. The molecule has 0 atom stereocenters.